The van der Waals surface area contributed by atoms with E-state index in [4.69, 9.17) is 0 Å². The van der Waals surface area contributed by atoms with Crippen LogP contribution < -0.4 is 0 Å². The highest BCUT2D eigenvalue weighted by molar-refractivity contribution is 7.13. The van der Waals surface area contributed by atoms with E-state index >= 15 is 0 Å². The SMILES string of the molecule is C(=Cc1ccc2ccccc2n1)c1csc(-c2ncccn2)n1. The van der Waals surface area contributed by atoms with Crippen molar-refractivity contribution in [3.8, 4) is 10.8 Å². The zero-order valence-corrected chi connectivity index (χ0v) is 12.9. The Bertz CT molecular complexity index is 976. The Kier molecular flexibility index (Phi) is 3.62. The molecule has 0 amide bonds. The fourth-order valence-electron chi connectivity index (χ4n) is 2.22. The van der Waals surface area contributed by atoms with Crippen molar-refractivity contribution in [2.24, 2.45) is 0 Å². The molecule has 4 nitrogen and oxygen atoms in total. The van der Waals surface area contributed by atoms with Gasteiger partial charge in [-0.05, 0) is 30.4 Å². The third-order valence-corrected chi connectivity index (χ3v) is 4.18. The van der Waals surface area contributed by atoms with Crippen molar-refractivity contribution in [2.75, 3.05) is 0 Å². The second kappa shape index (κ2) is 6.06. The standard InChI is InChI=1S/C18H12N4S/c1-2-5-16-13(4-1)6-7-14(21-16)8-9-15-12-23-18(22-15)17-19-10-3-11-20-17/h1-12H. The first-order valence-electron chi connectivity index (χ1n) is 7.15. The molecule has 0 unspecified atom stereocenters. The van der Waals surface area contributed by atoms with Crippen LogP contribution in [0.3, 0.4) is 0 Å². The lowest BCUT2D eigenvalue weighted by Gasteiger charge is -1.97. The molecule has 0 spiro atoms. The highest BCUT2D eigenvalue weighted by atomic mass is 32.1. The number of pyridine rings is 1. The van der Waals surface area contributed by atoms with Crippen molar-refractivity contribution in [1.29, 1.82) is 0 Å². The zero-order chi connectivity index (χ0) is 15.5. The molecular weight excluding hydrogens is 304 g/mol. The Morgan fingerprint density at radius 1 is 0.783 bits per heavy atom. The Balaban J connectivity index is 1.59. The lowest BCUT2D eigenvalue weighted by Crippen LogP contribution is -1.85. The summed E-state index contributed by atoms with van der Waals surface area (Å²) >= 11 is 1.53. The molecule has 1 aromatic carbocycles. The summed E-state index contributed by atoms with van der Waals surface area (Å²) in [6.07, 6.45) is 7.37. The molecule has 0 N–H and O–H groups in total. The Morgan fingerprint density at radius 3 is 2.52 bits per heavy atom. The smallest absolute Gasteiger partial charge is 0.188 e. The van der Waals surface area contributed by atoms with E-state index in [1.807, 2.05) is 41.8 Å². The monoisotopic (exact) mass is 316 g/mol. The lowest BCUT2D eigenvalue weighted by atomic mass is 10.2. The Morgan fingerprint density at radius 2 is 1.61 bits per heavy atom. The maximum absolute atomic E-state index is 4.62. The summed E-state index contributed by atoms with van der Waals surface area (Å²) in [5.41, 5.74) is 2.79. The molecule has 0 saturated heterocycles. The van der Waals surface area contributed by atoms with Crippen LogP contribution in [0.1, 0.15) is 11.4 Å². The minimum atomic E-state index is 0.654. The molecule has 3 aromatic heterocycles. The van der Waals surface area contributed by atoms with E-state index in [0.29, 0.717) is 5.82 Å². The number of para-hydroxylation sites is 1. The van der Waals surface area contributed by atoms with Crippen LogP contribution in [0.25, 0.3) is 33.9 Å². The molecule has 0 aliphatic rings. The molecule has 5 heteroatoms. The predicted octanol–water partition coefficient (Wildman–Crippen LogP) is 4.32. The average Bonchev–Trinajstić information content (AvgIpc) is 3.10. The number of thiazole rings is 1. The topological polar surface area (TPSA) is 51.6 Å². The van der Waals surface area contributed by atoms with Crippen LogP contribution in [-0.2, 0) is 0 Å². The number of nitrogens with zero attached hydrogens (tertiary/aromatic N) is 4. The summed E-state index contributed by atoms with van der Waals surface area (Å²) in [7, 11) is 0. The van der Waals surface area contributed by atoms with Gasteiger partial charge in [0.2, 0.25) is 0 Å². The molecule has 0 fully saturated rings. The first-order chi connectivity index (χ1) is 11.4. The number of benzene rings is 1. The number of rotatable bonds is 3. The minimum Gasteiger partial charge on any atom is -0.248 e. The summed E-state index contributed by atoms with van der Waals surface area (Å²) in [6, 6.07) is 14.0. The Labute approximate surface area is 137 Å². The zero-order valence-electron chi connectivity index (χ0n) is 12.1. The van der Waals surface area contributed by atoms with E-state index in [9.17, 15) is 0 Å². The van der Waals surface area contributed by atoms with Crippen molar-refractivity contribution in [3.63, 3.8) is 0 Å². The van der Waals surface area contributed by atoms with Crippen molar-refractivity contribution in [2.45, 2.75) is 0 Å². The third kappa shape index (κ3) is 3.00. The molecular formula is C18H12N4S. The van der Waals surface area contributed by atoms with Gasteiger partial charge in [0.05, 0.1) is 16.9 Å². The van der Waals surface area contributed by atoms with Crippen molar-refractivity contribution in [1.82, 2.24) is 19.9 Å². The summed E-state index contributed by atoms with van der Waals surface area (Å²) < 4.78 is 0. The van der Waals surface area contributed by atoms with E-state index < -0.39 is 0 Å². The van der Waals surface area contributed by atoms with Crippen LogP contribution in [0.4, 0.5) is 0 Å². The molecule has 110 valence electrons. The van der Waals surface area contributed by atoms with Crippen LogP contribution in [0.15, 0.2) is 60.2 Å². The van der Waals surface area contributed by atoms with Crippen LogP contribution in [-0.4, -0.2) is 19.9 Å². The maximum Gasteiger partial charge on any atom is 0.188 e. The highest BCUT2D eigenvalue weighted by Gasteiger charge is 2.04. The van der Waals surface area contributed by atoms with Crippen LogP contribution in [0, 0.1) is 0 Å². The quantitative estimate of drug-likeness (QED) is 0.565. The fraction of sp³-hybridized carbons (Fsp3) is 0. The van der Waals surface area contributed by atoms with Crippen molar-refractivity contribution in [3.05, 3.63) is 71.6 Å². The van der Waals surface area contributed by atoms with Gasteiger partial charge < -0.3 is 0 Å². The van der Waals surface area contributed by atoms with E-state index in [1.54, 1.807) is 18.5 Å². The number of fused-ring (bicyclic) bond motifs is 1. The second-order valence-electron chi connectivity index (χ2n) is 4.91. The molecule has 0 aliphatic carbocycles. The maximum atomic E-state index is 4.62. The second-order valence-corrected chi connectivity index (χ2v) is 5.77. The van der Waals surface area contributed by atoms with Crippen molar-refractivity contribution >= 4 is 34.4 Å². The molecule has 23 heavy (non-hydrogen) atoms. The fourth-order valence-corrected chi connectivity index (χ4v) is 2.95. The van der Waals surface area contributed by atoms with Gasteiger partial charge in [-0.1, -0.05) is 24.3 Å². The number of hydrogen-bond donors (Lipinski definition) is 0. The first-order valence-corrected chi connectivity index (χ1v) is 8.03. The minimum absolute atomic E-state index is 0.654. The van der Waals surface area contributed by atoms with E-state index in [1.165, 1.54) is 11.3 Å². The average molecular weight is 316 g/mol. The highest BCUT2D eigenvalue weighted by Crippen LogP contribution is 2.21. The van der Waals surface area contributed by atoms with Gasteiger partial charge in [0.15, 0.2) is 10.8 Å². The Hall–Kier alpha value is -2.92. The van der Waals surface area contributed by atoms with Gasteiger partial charge in [-0.25, -0.2) is 19.9 Å². The first kappa shape index (κ1) is 13.7. The predicted molar refractivity (Wildman–Crippen MR) is 93.8 cm³/mol. The molecule has 4 rings (SSSR count). The summed E-state index contributed by atoms with van der Waals surface area (Å²) in [6.45, 7) is 0. The molecule has 0 bridgehead atoms. The number of hydrogen-bond acceptors (Lipinski definition) is 5. The number of aromatic nitrogens is 4. The largest absolute Gasteiger partial charge is 0.248 e. The van der Waals surface area contributed by atoms with Gasteiger partial charge in [0.1, 0.15) is 0 Å². The molecule has 0 atom stereocenters. The van der Waals surface area contributed by atoms with Gasteiger partial charge in [0, 0.05) is 23.2 Å². The summed E-state index contributed by atoms with van der Waals surface area (Å²) in [4.78, 5) is 17.6. The van der Waals surface area contributed by atoms with Gasteiger partial charge >= 0.3 is 0 Å². The lowest BCUT2D eigenvalue weighted by molar-refractivity contribution is 1.16. The van der Waals surface area contributed by atoms with Gasteiger partial charge in [-0.15, -0.1) is 11.3 Å². The van der Waals surface area contributed by atoms with Gasteiger partial charge in [-0.3, -0.25) is 0 Å². The van der Waals surface area contributed by atoms with E-state index in [0.717, 1.165) is 27.3 Å². The van der Waals surface area contributed by atoms with Crippen LogP contribution >= 0.6 is 11.3 Å². The van der Waals surface area contributed by atoms with Gasteiger partial charge in [-0.2, -0.15) is 0 Å². The molecule has 0 radical (unpaired) electrons. The van der Waals surface area contributed by atoms with Crippen LogP contribution in [0.5, 0.6) is 0 Å². The third-order valence-electron chi connectivity index (χ3n) is 3.32. The summed E-state index contributed by atoms with van der Waals surface area (Å²) in [5.74, 6) is 0.654. The molecule has 4 aromatic rings. The van der Waals surface area contributed by atoms with Crippen molar-refractivity contribution < 1.29 is 0 Å². The normalized spacial score (nSPS) is 11.3. The van der Waals surface area contributed by atoms with E-state index in [-0.39, 0.29) is 0 Å². The van der Waals surface area contributed by atoms with Crippen LogP contribution in [0.2, 0.25) is 0 Å². The van der Waals surface area contributed by atoms with Gasteiger partial charge in [0.25, 0.3) is 0 Å². The summed E-state index contributed by atoms with van der Waals surface area (Å²) in [5, 5.41) is 3.95. The molecule has 3 heterocycles. The van der Waals surface area contributed by atoms with E-state index in [2.05, 4.69) is 32.1 Å². The molecule has 0 aliphatic heterocycles. The molecule has 0 saturated carbocycles.